The molecule has 3 heterocycles. The van der Waals surface area contributed by atoms with Gasteiger partial charge in [0.05, 0.1) is 25.8 Å². The highest BCUT2D eigenvalue weighted by atomic mass is 16.5. The quantitative estimate of drug-likeness (QED) is 0.532. The lowest BCUT2D eigenvalue weighted by Gasteiger charge is -2.30. The molecule has 9 nitrogen and oxygen atoms in total. The Kier molecular flexibility index (Phi) is 9.08. The number of benzene rings is 1. The van der Waals surface area contributed by atoms with Gasteiger partial charge in [-0.2, -0.15) is 0 Å². The number of rotatable bonds is 8. The Labute approximate surface area is 237 Å². The summed E-state index contributed by atoms with van der Waals surface area (Å²) in [6.45, 7) is 7.55. The Morgan fingerprint density at radius 3 is 2.33 bits per heavy atom. The Morgan fingerprint density at radius 1 is 0.950 bits per heavy atom. The van der Waals surface area contributed by atoms with E-state index in [2.05, 4.69) is 10.2 Å². The first-order valence-electron chi connectivity index (χ1n) is 15.2. The van der Waals surface area contributed by atoms with Crippen LogP contribution in [0.3, 0.4) is 0 Å². The van der Waals surface area contributed by atoms with Crippen LogP contribution in [0.15, 0.2) is 24.3 Å². The van der Waals surface area contributed by atoms with Crippen molar-refractivity contribution in [3.8, 4) is 0 Å². The number of nitrogens with zero attached hydrogens (tertiary/aromatic N) is 3. The molecule has 40 heavy (non-hydrogen) atoms. The Hall–Kier alpha value is -2.94. The van der Waals surface area contributed by atoms with E-state index < -0.39 is 12.1 Å². The summed E-state index contributed by atoms with van der Waals surface area (Å²) in [4.78, 5) is 59.0. The molecule has 0 spiro atoms. The highest BCUT2D eigenvalue weighted by molar-refractivity contribution is 6.01. The molecule has 5 rings (SSSR count). The molecule has 3 aliphatic heterocycles. The fraction of sp³-hybridized carbons (Fsp3) is 0.677. The molecule has 9 heteroatoms. The maximum Gasteiger partial charge on any atom is 0.251 e. The van der Waals surface area contributed by atoms with Crippen LogP contribution in [0.1, 0.15) is 75.6 Å². The number of ketones is 1. The summed E-state index contributed by atoms with van der Waals surface area (Å²) in [6.07, 6.45) is 7.33. The molecule has 0 radical (unpaired) electrons. The third-order valence-electron chi connectivity index (χ3n) is 9.03. The van der Waals surface area contributed by atoms with Crippen LogP contribution in [0, 0.1) is 11.8 Å². The smallest absolute Gasteiger partial charge is 0.251 e. The SMILES string of the molecule is CC(C)CC(NC(=O)c1ccc(N2CCOCC2)cc1)C(=O)N1CCC2C1C(=O)CN2C(=O)CC1CCCCC1. The topological polar surface area (TPSA) is 99.3 Å². The van der Waals surface area contributed by atoms with Crippen molar-refractivity contribution in [1.82, 2.24) is 15.1 Å². The number of nitrogens with one attached hydrogen (secondary N) is 1. The molecule has 0 bridgehead atoms. The zero-order valence-corrected chi connectivity index (χ0v) is 24.0. The lowest BCUT2D eigenvalue weighted by atomic mass is 9.86. The zero-order chi connectivity index (χ0) is 28.2. The fourth-order valence-electron chi connectivity index (χ4n) is 6.93. The van der Waals surface area contributed by atoms with Crippen LogP contribution < -0.4 is 10.2 Å². The molecule has 1 saturated carbocycles. The minimum absolute atomic E-state index is 0.0506. The molecule has 3 amide bonds. The second kappa shape index (κ2) is 12.7. The Morgan fingerprint density at radius 2 is 1.65 bits per heavy atom. The summed E-state index contributed by atoms with van der Waals surface area (Å²) in [5, 5.41) is 2.97. The van der Waals surface area contributed by atoms with Crippen molar-refractivity contribution in [1.29, 1.82) is 0 Å². The van der Waals surface area contributed by atoms with E-state index in [9.17, 15) is 19.2 Å². The molecule has 3 atom stereocenters. The van der Waals surface area contributed by atoms with Crippen molar-refractivity contribution >= 4 is 29.2 Å². The monoisotopic (exact) mass is 552 g/mol. The van der Waals surface area contributed by atoms with Crippen LogP contribution in [-0.2, 0) is 19.1 Å². The van der Waals surface area contributed by atoms with Gasteiger partial charge in [-0.3, -0.25) is 19.2 Å². The number of carbonyl (C=O) groups excluding carboxylic acids is 4. The molecule has 4 aliphatic rings. The average Bonchev–Trinajstić information content (AvgIpc) is 3.54. The summed E-state index contributed by atoms with van der Waals surface area (Å²) < 4.78 is 5.42. The maximum atomic E-state index is 13.8. The number of hydrogen-bond acceptors (Lipinski definition) is 6. The molecule has 218 valence electrons. The summed E-state index contributed by atoms with van der Waals surface area (Å²) in [6, 6.07) is 5.85. The predicted octanol–water partition coefficient (Wildman–Crippen LogP) is 3.02. The van der Waals surface area contributed by atoms with Crippen LogP contribution in [0.2, 0.25) is 0 Å². The average molecular weight is 553 g/mol. The van der Waals surface area contributed by atoms with Gasteiger partial charge in [0.25, 0.3) is 5.91 Å². The lowest BCUT2D eigenvalue weighted by Crippen LogP contribution is -2.53. The first kappa shape index (κ1) is 28.6. The predicted molar refractivity (Wildman–Crippen MR) is 152 cm³/mol. The number of ether oxygens (including phenoxy) is 1. The van der Waals surface area contributed by atoms with Gasteiger partial charge in [0.15, 0.2) is 5.78 Å². The molecule has 0 aromatic heterocycles. The van der Waals surface area contributed by atoms with Gasteiger partial charge < -0.3 is 24.8 Å². The minimum Gasteiger partial charge on any atom is -0.378 e. The number of fused-ring (bicyclic) bond motifs is 1. The lowest BCUT2D eigenvalue weighted by molar-refractivity contribution is -0.138. The minimum atomic E-state index is -0.732. The van der Waals surface area contributed by atoms with Crippen molar-refractivity contribution in [2.24, 2.45) is 11.8 Å². The van der Waals surface area contributed by atoms with E-state index in [-0.39, 0.29) is 42.0 Å². The number of likely N-dealkylation sites (tertiary alicyclic amines) is 2. The van der Waals surface area contributed by atoms with Gasteiger partial charge in [0.2, 0.25) is 11.8 Å². The Balaban J connectivity index is 1.23. The third-order valence-corrected chi connectivity index (χ3v) is 9.03. The van der Waals surface area contributed by atoms with E-state index in [0.29, 0.717) is 50.5 Å². The highest BCUT2D eigenvalue weighted by Gasteiger charge is 2.52. The van der Waals surface area contributed by atoms with Gasteiger partial charge in [-0.1, -0.05) is 33.1 Å². The molecule has 3 unspecified atom stereocenters. The number of Topliss-reactive ketones (excluding diaryl/α,β-unsaturated/α-hetero) is 1. The van der Waals surface area contributed by atoms with Crippen molar-refractivity contribution in [3.63, 3.8) is 0 Å². The van der Waals surface area contributed by atoms with Crippen LogP contribution in [0.4, 0.5) is 5.69 Å². The molecular weight excluding hydrogens is 508 g/mol. The van der Waals surface area contributed by atoms with Crippen molar-refractivity contribution in [3.05, 3.63) is 29.8 Å². The fourth-order valence-corrected chi connectivity index (χ4v) is 6.93. The van der Waals surface area contributed by atoms with Crippen molar-refractivity contribution in [2.45, 2.75) is 83.3 Å². The third kappa shape index (κ3) is 6.35. The maximum absolute atomic E-state index is 13.8. The normalized spacial score (nSPS) is 24.4. The summed E-state index contributed by atoms with van der Waals surface area (Å²) in [5.41, 5.74) is 1.54. The number of hydrogen-bond donors (Lipinski definition) is 1. The highest BCUT2D eigenvalue weighted by Crippen LogP contribution is 2.33. The van der Waals surface area contributed by atoms with Gasteiger partial charge >= 0.3 is 0 Å². The summed E-state index contributed by atoms with van der Waals surface area (Å²) >= 11 is 0. The van der Waals surface area contributed by atoms with Crippen molar-refractivity contribution in [2.75, 3.05) is 44.3 Å². The van der Waals surface area contributed by atoms with Gasteiger partial charge in [-0.15, -0.1) is 0 Å². The molecule has 1 N–H and O–H groups in total. The molecule has 3 saturated heterocycles. The second-order valence-corrected chi connectivity index (χ2v) is 12.3. The number of morpholine rings is 1. The standard InChI is InChI=1S/C31H44N4O5/c1-21(2)18-25(32-30(38)23-8-10-24(11-9-23)33-14-16-40-17-15-33)31(39)34-13-12-26-29(34)27(36)20-35(26)28(37)19-22-6-4-3-5-7-22/h8-11,21-22,25-26,29H,3-7,12-20H2,1-2H3,(H,32,38). The largest absolute Gasteiger partial charge is 0.378 e. The van der Waals surface area contributed by atoms with Crippen LogP contribution >= 0.6 is 0 Å². The van der Waals surface area contributed by atoms with E-state index in [1.54, 1.807) is 21.9 Å². The molecule has 1 aromatic rings. The first-order valence-corrected chi connectivity index (χ1v) is 15.2. The van der Waals surface area contributed by atoms with Crippen LogP contribution in [-0.4, -0.2) is 90.8 Å². The molecule has 1 aromatic carbocycles. The second-order valence-electron chi connectivity index (χ2n) is 12.3. The number of carbonyl (C=O) groups is 4. The summed E-state index contributed by atoms with van der Waals surface area (Å²) in [7, 11) is 0. The van der Waals surface area contributed by atoms with E-state index in [1.165, 1.54) is 19.3 Å². The van der Waals surface area contributed by atoms with Crippen LogP contribution in [0.5, 0.6) is 0 Å². The Bertz CT molecular complexity index is 1080. The van der Waals surface area contributed by atoms with E-state index in [4.69, 9.17) is 4.74 Å². The van der Waals surface area contributed by atoms with Crippen LogP contribution in [0.25, 0.3) is 0 Å². The van der Waals surface area contributed by atoms with Crippen molar-refractivity contribution < 1.29 is 23.9 Å². The first-order chi connectivity index (χ1) is 19.3. The van der Waals surface area contributed by atoms with E-state index >= 15 is 0 Å². The molecule has 1 aliphatic carbocycles. The van der Waals surface area contributed by atoms with Gasteiger partial charge in [0, 0.05) is 37.3 Å². The van der Waals surface area contributed by atoms with Gasteiger partial charge in [-0.05, 0) is 61.8 Å². The summed E-state index contributed by atoms with van der Waals surface area (Å²) in [5.74, 6) is 0.0304. The molecule has 4 fully saturated rings. The number of anilines is 1. The van der Waals surface area contributed by atoms with E-state index in [0.717, 1.165) is 31.6 Å². The van der Waals surface area contributed by atoms with Gasteiger partial charge in [-0.25, -0.2) is 0 Å². The van der Waals surface area contributed by atoms with Gasteiger partial charge in [0.1, 0.15) is 12.1 Å². The zero-order valence-electron chi connectivity index (χ0n) is 24.0. The molecular formula is C31H44N4O5. The van der Waals surface area contributed by atoms with E-state index in [1.807, 2.05) is 26.0 Å². The number of amides is 3.